The highest BCUT2D eigenvalue weighted by Gasteiger charge is 2.32. The number of rotatable bonds is 3. The van der Waals surface area contributed by atoms with Crippen molar-refractivity contribution in [2.45, 2.75) is 25.4 Å². The summed E-state index contributed by atoms with van der Waals surface area (Å²) in [6.07, 6.45) is 6.32. The Balaban J connectivity index is 1.64. The number of nitrogens with one attached hydrogen (secondary N) is 1. The molecule has 1 aliphatic heterocycles. The third-order valence-electron chi connectivity index (χ3n) is 4.59. The van der Waals surface area contributed by atoms with Crippen LogP contribution in [0.25, 0.3) is 4.96 Å². The van der Waals surface area contributed by atoms with Crippen LogP contribution in [0.4, 0.5) is 0 Å². The first-order valence-electron chi connectivity index (χ1n) is 7.64. The maximum atomic E-state index is 12.1. The van der Waals surface area contributed by atoms with Gasteiger partial charge in [-0.3, -0.25) is 9.20 Å². The van der Waals surface area contributed by atoms with Crippen LogP contribution in [-0.4, -0.2) is 20.5 Å². The number of hydrogen-bond acceptors (Lipinski definition) is 3. The molecule has 0 aromatic carbocycles. The zero-order valence-corrected chi connectivity index (χ0v) is 13.3. The summed E-state index contributed by atoms with van der Waals surface area (Å²) in [6.45, 7) is 1.96. The van der Waals surface area contributed by atoms with Crippen LogP contribution in [0, 0.1) is 0 Å². The molecule has 1 aliphatic rings. The summed E-state index contributed by atoms with van der Waals surface area (Å²) >= 11 is 1.51. The number of quaternary nitrogens is 1. The average molecular weight is 315 g/mol. The normalized spacial score (nSPS) is 21.7. The summed E-state index contributed by atoms with van der Waals surface area (Å²) < 4.78 is 3.82. The van der Waals surface area contributed by atoms with Gasteiger partial charge < -0.3 is 9.47 Å². The second-order valence-corrected chi connectivity index (χ2v) is 6.84. The Morgan fingerprint density at radius 1 is 1.45 bits per heavy atom. The van der Waals surface area contributed by atoms with Gasteiger partial charge in [0.1, 0.15) is 18.3 Å². The fourth-order valence-electron chi connectivity index (χ4n) is 3.53. The molecule has 0 amide bonds. The van der Waals surface area contributed by atoms with E-state index < -0.39 is 0 Å². The van der Waals surface area contributed by atoms with Gasteiger partial charge in [-0.2, -0.15) is 0 Å². The van der Waals surface area contributed by atoms with Gasteiger partial charge in [-0.05, 0) is 12.1 Å². The molecule has 3 aromatic rings. The summed E-state index contributed by atoms with van der Waals surface area (Å²) in [6, 6.07) is 6.50. The SMILES string of the molecule is Cn1cccc1[C@@H]1CCC[NH+]1Cc1cc(=O)n2ccsc2n1. The Kier molecular flexibility index (Phi) is 3.35. The minimum absolute atomic E-state index is 0.0234. The van der Waals surface area contributed by atoms with Crippen molar-refractivity contribution >= 4 is 16.3 Å². The van der Waals surface area contributed by atoms with Gasteiger partial charge in [0.2, 0.25) is 0 Å². The fourth-order valence-corrected chi connectivity index (χ4v) is 4.27. The summed E-state index contributed by atoms with van der Waals surface area (Å²) in [5.41, 5.74) is 2.31. The molecule has 1 fully saturated rings. The highest BCUT2D eigenvalue weighted by atomic mass is 32.1. The molecule has 0 aliphatic carbocycles. The second kappa shape index (κ2) is 5.37. The predicted molar refractivity (Wildman–Crippen MR) is 86.3 cm³/mol. The van der Waals surface area contributed by atoms with Crippen molar-refractivity contribution in [2.24, 2.45) is 7.05 Å². The highest BCUT2D eigenvalue weighted by Crippen LogP contribution is 2.19. The molecule has 2 atom stereocenters. The molecule has 5 nitrogen and oxygen atoms in total. The summed E-state index contributed by atoms with van der Waals surface area (Å²) in [4.78, 5) is 19.1. The van der Waals surface area contributed by atoms with E-state index in [-0.39, 0.29) is 5.56 Å². The van der Waals surface area contributed by atoms with Gasteiger partial charge in [-0.25, -0.2) is 4.98 Å². The highest BCUT2D eigenvalue weighted by molar-refractivity contribution is 7.15. The van der Waals surface area contributed by atoms with Gasteiger partial charge in [0.05, 0.1) is 12.2 Å². The van der Waals surface area contributed by atoms with E-state index in [1.165, 1.54) is 34.8 Å². The topological polar surface area (TPSA) is 43.7 Å². The van der Waals surface area contributed by atoms with Crippen LogP contribution in [0.3, 0.4) is 0 Å². The standard InChI is InChI=1S/C16H18N4OS/c1-18-6-2-4-13(18)14-5-3-7-19(14)11-12-10-15(21)20-8-9-22-16(20)17-12/h2,4,6,8-10,14H,3,5,7,11H2,1H3/p+1/t14-/m0/s1. The first-order chi connectivity index (χ1) is 10.7. The van der Waals surface area contributed by atoms with E-state index in [0.717, 1.165) is 23.7 Å². The Hall–Kier alpha value is -1.92. The third-order valence-corrected chi connectivity index (χ3v) is 5.35. The molecule has 0 saturated carbocycles. The number of aryl methyl sites for hydroxylation is 1. The zero-order valence-electron chi connectivity index (χ0n) is 12.5. The molecule has 0 bridgehead atoms. The van der Waals surface area contributed by atoms with Crippen LogP contribution >= 0.6 is 11.3 Å². The largest absolute Gasteiger partial charge is 0.350 e. The number of thiazole rings is 1. The monoisotopic (exact) mass is 315 g/mol. The van der Waals surface area contributed by atoms with Gasteiger partial charge in [0, 0.05) is 43.7 Å². The van der Waals surface area contributed by atoms with E-state index >= 15 is 0 Å². The maximum Gasteiger partial charge on any atom is 0.258 e. The maximum absolute atomic E-state index is 12.1. The van der Waals surface area contributed by atoms with Crippen LogP contribution in [0.2, 0.25) is 0 Å². The molecule has 1 saturated heterocycles. The first kappa shape index (κ1) is 13.7. The lowest BCUT2D eigenvalue weighted by Crippen LogP contribution is -3.09. The molecule has 114 valence electrons. The molecule has 22 heavy (non-hydrogen) atoms. The van der Waals surface area contributed by atoms with Crippen molar-refractivity contribution in [2.75, 3.05) is 6.54 Å². The predicted octanol–water partition coefficient (Wildman–Crippen LogP) is 1.01. The Morgan fingerprint density at radius 2 is 2.36 bits per heavy atom. The number of nitrogens with zero attached hydrogens (tertiary/aromatic N) is 3. The molecule has 1 N–H and O–H groups in total. The molecule has 1 unspecified atom stereocenters. The van der Waals surface area contributed by atoms with E-state index in [9.17, 15) is 4.79 Å². The minimum atomic E-state index is 0.0234. The van der Waals surface area contributed by atoms with Gasteiger partial charge >= 0.3 is 0 Å². The van der Waals surface area contributed by atoms with Crippen molar-refractivity contribution < 1.29 is 4.90 Å². The molecule has 0 spiro atoms. The molecule has 4 heterocycles. The lowest BCUT2D eigenvalue weighted by Gasteiger charge is -2.21. The summed E-state index contributed by atoms with van der Waals surface area (Å²) in [5.74, 6) is 0. The fraction of sp³-hybridized carbons (Fsp3) is 0.375. The van der Waals surface area contributed by atoms with Gasteiger partial charge in [0.15, 0.2) is 4.96 Å². The molecule has 6 heteroatoms. The van der Waals surface area contributed by atoms with E-state index in [4.69, 9.17) is 0 Å². The Morgan fingerprint density at radius 3 is 3.18 bits per heavy atom. The third kappa shape index (κ3) is 2.28. The van der Waals surface area contributed by atoms with Gasteiger partial charge in [-0.15, -0.1) is 11.3 Å². The smallest absolute Gasteiger partial charge is 0.258 e. The minimum Gasteiger partial charge on any atom is -0.350 e. The molecular weight excluding hydrogens is 296 g/mol. The van der Waals surface area contributed by atoms with Crippen LogP contribution in [0.1, 0.15) is 30.3 Å². The van der Waals surface area contributed by atoms with Gasteiger partial charge in [0.25, 0.3) is 5.56 Å². The van der Waals surface area contributed by atoms with Crippen molar-refractivity contribution in [3.63, 3.8) is 0 Å². The lowest BCUT2D eigenvalue weighted by atomic mass is 10.1. The summed E-state index contributed by atoms with van der Waals surface area (Å²) in [5, 5.41) is 1.91. The Labute approximate surface area is 132 Å². The van der Waals surface area contributed by atoms with Crippen LogP contribution in [-0.2, 0) is 13.6 Å². The summed E-state index contributed by atoms with van der Waals surface area (Å²) in [7, 11) is 2.10. The number of hydrogen-bond donors (Lipinski definition) is 1. The van der Waals surface area contributed by atoms with Crippen LogP contribution in [0.15, 0.2) is 40.8 Å². The number of likely N-dealkylation sites (tertiary alicyclic amines) is 1. The molecule has 0 radical (unpaired) electrons. The van der Waals surface area contributed by atoms with Crippen LogP contribution < -0.4 is 10.5 Å². The molecule has 4 rings (SSSR count). The van der Waals surface area contributed by atoms with Crippen LogP contribution in [0.5, 0.6) is 0 Å². The molecule has 3 aromatic heterocycles. The van der Waals surface area contributed by atoms with Crippen molar-refractivity contribution in [1.29, 1.82) is 0 Å². The van der Waals surface area contributed by atoms with E-state index in [0.29, 0.717) is 6.04 Å². The zero-order chi connectivity index (χ0) is 15.1. The van der Waals surface area contributed by atoms with Crippen molar-refractivity contribution in [1.82, 2.24) is 14.0 Å². The average Bonchev–Trinajstić information content (AvgIpc) is 3.19. The molecular formula is C16H19N4OS+. The Bertz CT molecular complexity index is 862. The number of fused-ring (bicyclic) bond motifs is 1. The first-order valence-corrected chi connectivity index (χ1v) is 8.52. The van der Waals surface area contributed by atoms with Crippen molar-refractivity contribution in [3.8, 4) is 0 Å². The quantitative estimate of drug-likeness (QED) is 0.784. The van der Waals surface area contributed by atoms with Gasteiger partial charge in [-0.1, -0.05) is 0 Å². The lowest BCUT2D eigenvalue weighted by molar-refractivity contribution is -0.932. The van der Waals surface area contributed by atoms with E-state index in [1.807, 2.05) is 5.38 Å². The van der Waals surface area contributed by atoms with E-state index in [2.05, 4.69) is 34.9 Å². The number of aromatic nitrogens is 3. The second-order valence-electron chi connectivity index (χ2n) is 5.97. The van der Waals surface area contributed by atoms with Crippen molar-refractivity contribution in [3.05, 3.63) is 57.7 Å². The van der Waals surface area contributed by atoms with E-state index in [1.54, 1.807) is 16.7 Å².